The second-order valence-electron chi connectivity index (χ2n) is 6.04. The Kier molecular flexibility index (Phi) is 5.26. The van der Waals surface area contributed by atoms with Gasteiger partial charge in [-0.2, -0.15) is 0 Å². The third-order valence-corrected chi connectivity index (χ3v) is 3.44. The van der Waals surface area contributed by atoms with E-state index in [1.165, 1.54) is 12.1 Å². The highest BCUT2D eigenvalue weighted by Gasteiger charge is 2.11. The van der Waals surface area contributed by atoms with Crippen molar-refractivity contribution in [2.24, 2.45) is 5.41 Å². The molecular formula is C19H18BrFO. The Balaban J connectivity index is 2.30. The van der Waals surface area contributed by atoms with E-state index in [2.05, 4.69) is 27.8 Å². The minimum atomic E-state index is -0.351. The molecule has 0 fully saturated rings. The van der Waals surface area contributed by atoms with Gasteiger partial charge in [-0.05, 0) is 48.3 Å². The van der Waals surface area contributed by atoms with Crippen LogP contribution >= 0.6 is 15.9 Å². The van der Waals surface area contributed by atoms with Gasteiger partial charge in [0, 0.05) is 16.0 Å². The minimum absolute atomic E-state index is 0.134. The summed E-state index contributed by atoms with van der Waals surface area (Å²) < 4.78 is 20.0. The molecule has 0 amide bonds. The third-order valence-electron chi connectivity index (χ3n) is 2.82. The second-order valence-corrected chi connectivity index (χ2v) is 6.89. The number of benzene rings is 2. The van der Waals surface area contributed by atoms with Crippen LogP contribution in [0.5, 0.6) is 5.75 Å². The first-order valence-electron chi connectivity index (χ1n) is 7.04. The van der Waals surface area contributed by atoms with Crippen molar-refractivity contribution in [1.82, 2.24) is 0 Å². The highest BCUT2D eigenvalue weighted by atomic mass is 79.9. The van der Waals surface area contributed by atoms with Crippen molar-refractivity contribution in [3.05, 3.63) is 63.9 Å². The van der Waals surface area contributed by atoms with E-state index in [0.717, 1.165) is 5.56 Å². The zero-order valence-corrected chi connectivity index (χ0v) is 14.5. The van der Waals surface area contributed by atoms with Crippen molar-refractivity contribution >= 4 is 15.9 Å². The molecule has 0 heterocycles. The molecule has 0 saturated carbocycles. The Hall–Kier alpha value is -1.79. The maximum absolute atomic E-state index is 13.6. The molecule has 2 aromatic rings. The summed E-state index contributed by atoms with van der Waals surface area (Å²) in [4.78, 5) is 0. The summed E-state index contributed by atoms with van der Waals surface area (Å²) in [6, 6.07) is 12.6. The zero-order valence-electron chi connectivity index (χ0n) is 12.9. The van der Waals surface area contributed by atoms with Crippen LogP contribution in [-0.4, -0.2) is 0 Å². The van der Waals surface area contributed by atoms with Crippen LogP contribution in [0.4, 0.5) is 4.39 Å². The van der Waals surface area contributed by atoms with Crippen molar-refractivity contribution in [3.8, 4) is 17.6 Å². The summed E-state index contributed by atoms with van der Waals surface area (Å²) in [5, 5.41) is 0. The van der Waals surface area contributed by atoms with Gasteiger partial charge in [0.2, 0.25) is 0 Å². The molecule has 0 unspecified atom stereocenters. The fourth-order valence-electron chi connectivity index (χ4n) is 1.77. The maximum atomic E-state index is 13.6. The quantitative estimate of drug-likeness (QED) is 0.650. The molecule has 0 aliphatic rings. The lowest BCUT2D eigenvalue weighted by Crippen LogP contribution is -2.01. The Bertz CT molecular complexity index is 706. The summed E-state index contributed by atoms with van der Waals surface area (Å²) in [6.45, 7) is 6.46. The average molecular weight is 361 g/mol. The molecule has 2 rings (SSSR count). The fraction of sp³-hybridized carbons (Fsp3) is 0.263. The maximum Gasteiger partial charge on any atom is 0.139 e. The van der Waals surface area contributed by atoms with Gasteiger partial charge in [-0.25, -0.2) is 4.39 Å². The first-order valence-corrected chi connectivity index (χ1v) is 7.83. The van der Waals surface area contributed by atoms with Gasteiger partial charge < -0.3 is 4.74 Å². The molecule has 0 aliphatic carbocycles. The molecule has 0 radical (unpaired) electrons. The zero-order chi connectivity index (χ0) is 16.2. The monoisotopic (exact) mass is 360 g/mol. The summed E-state index contributed by atoms with van der Waals surface area (Å²) in [5.41, 5.74) is 1.56. The van der Waals surface area contributed by atoms with Crippen LogP contribution in [0, 0.1) is 23.1 Å². The van der Waals surface area contributed by atoms with E-state index in [0.29, 0.717) is 22.4 Å². The van der Waals surface area contributed by atoms with E-state index in [4.69, 9.17) is 4.74 Å². The van der Waals surface area contributed by atoms with Gasteiger partial charge in [0.1, 0.15) is 18.2 Å². The van der Waals surface area contributed by atoms with Crippen LogP contribution in [0.2, 0.25) is 0 Å². The smallest absolute Gasteiger partial charge is 0.139 e. The molecule has 0 aromatic heterocycles. The molecule has 0 saturated heterocycles. The molecule has 0 bridgehead atoms. The summed E-state index contributed by atoms with van der Waals surface area (Å²) in [5.74, 6) is 6.35. The summed E-state index contributed by atoms with van der Waals surface area (Å²) >= 11 is 3.37. The number of ether oxygens (including phenoxy) is 1. The van der Waals surface area contributed by atoms with E-state index >= 15 is 0 Å². The molecule has 0 N–H and O–H groups in total. The molecule has 0 atom stereocenters. The summed E-state index contributed by atoms with van der Waals surface area (Å²) in [7, 11) is 0. The highest BCUT2D eigenvalue weighted by Crippen LogP contribution is 2.29. The van der Waals surface area contributed by atoms with Gasteiger partial charge in [0.15, 0.2) is 0 Å². The van der Waals surface area contributed by atoms with E-state index in [9.17, 15) is 4.39 Å². The van der Waals surface area contributed by atoms with E-state index in [1.807, 2.05) is 51.1 Å². The van der Waals surface area contributed by atoms with Gasteiger partial charge in [-0.1, -0.05) is 42.2 Å². The topological polar surface area (TPSA) is 9.23 Å². The molecule has 2 aromatic carbocycles. The fourth-order valence-corrected chi connectivity index (χ4v) is 2.28. The predicted molar refractivity (Wildman–Crippen MR) is 91.2 cm³/mol. The number of halogens is 2. The van der Waals surface area contributed by atoms with Gasteiger partial charge in [-0.15, -0.1) is 0 Å². The van der Waals surface area contributed by atoms with Crippen LogP contribution in [0.3, 0.4) is 0 Å². The molecule has 0 aliphatic heterocycles. The second kappa shape index (κ2) is 6.98. The van der Waals surface area contributed by atoms with Crippen LogP contribution in [-0.2, 0) is 6.61 Å². The van der Waals surface area contributed by atoms with Gasteiger partial charge in [0.25, 0.3) is 0 Å². The largest absolute Gasteiger partial charge is 0.487 e. The van der Waals surface area contributed by atoms with Crippen LogP contribution < -0.4 is 4.74 Å². The Labute approximate surface area is 139 Å². The van der Waals surface area contributed by atoms with Crippen molar-refractivity contribution in [2.45, 2.75) is 27.4 Å². The van der Waals surface area contributed by atoms with E-state index in [1.54, 1.807) is 0 Å². The van der Waals surface area contributed by atoms with Gasteiger partial charge >= 0.3 is 0 Å². The van der Waals surface area contributed by atoms with Crippen molar-refractivity contribution in [2.75, 3.05) is 0 Å². The van der Waals surface area contributed by atoms with Crippen molar-refractivity contribution in [3.63, 3.8) is 0 Å². The Morgan fingerprint density at radius 1 is 1.14 bits per heavy atom. The predicted octanol–water partition coefficient (Wildman–Crippen LogP) is 5.56. The molecule has 0 spiro atoms. The standard InChI is InChI=1S/C19H18BrFO/c1-19(2,3)10-9-16-17(20)11-15(21)12-18(16)22-13-14-7-5-4-6-8-14/h4-8,11-12H,13H2,1-3H3. The molecule has 1 nitrogen and oxygen atoms in total. The van der Waals surface area contributed by atoms with Crippen molar-refractivity contribution in [1.29, 1.82) is 0 Å². The first kappa shape index (κ1) is 16.6. The SMILES string of the molecule is CC(C)(C)C#Cc1c(Br)cc(F)cc1OCc1ccccc1. The number of rotatable bonds is 3. The molecular weight excluding hydrogens is 343 g/mol. The lowest BCUT2D eigenvalue weighted by Gasteiger charge is -2.11. The highest BCUT2D eigenvalue weighted by molar-refractivity contribution is 9.10. The normalized spacial score (nSPS) is 10.8. The van der Waals surface area contributed by atoms with E-state index in [-0.39, 0.29) is 11.2 Å². The molecule has 114 valence electrons. The summed E-state index contributed by atoms with van der Waals surface area (Å²) in [6.07, 6.45) is 0. The number of hydrogen-bond donors (Lipinski definition) is 0. The lowest BCUT2D eigenvalue weighted by atomic mass is 9.97. The van der Waals surface area contributed by atoms with Crippen LogP contribution in [0.1, 0.15) is 31.9 Å². The van der Waals surface area contributed by atoms with Crippen LogP contribution in [0.25, 0.3) is 0 Å². The Morgan fingerprint density at radius 2 is 1.82 bits per heavy atom. The molecule has 22 heavy (non-hydrogen) atoms. The first-order chi connectivity index (χ1) is 10.3. The lowest BCUT2D eigenvalue weighted by molar-refractivity contribution is 0.303. The van der Waals surface area contributed by atoms with Gasteiger partial charge in [0.05, 0.1) is 5.56 Å². The average Bonchev–Trinajstić information content (AvgIpc) is 2.43. The van der Waals surface area contributed by atoms with Crippen LogP contribution in [0.15, 0.2) is 46.9 Å². The van der Waals surface area contributed by atoms with Crippen molar-refractivity contribution < 1.29 is 9.13 Å². The number of hydrogen-bond acceptors (Lipinski definition) is 1. The molecule has 3 heteroatoms. The third kappa shape index (κ3) is 4.89. The van der Waals surface area contributed by atoms with E-state index < -0.39 is 0 Å². The van der Waals surface area contributed by atoms with Gasteiger partial charge in [-0.3, -0.25) is 0 Å². The minimum Gasteiger partial charge on any atom is -0.487 e. The Morgan fingerprint density at radius 3 is 2.45 bits per heavy atom.